The lowest BCUT2D eigenvalue weighted by Crippen LogP contribution is -1.95. The molecule has 2 aromatic heterocycles. The Bertz CT molecular complexity index is 3620. The molecule has 10 aromatic carbocycles. The Morgan fingerprint density at radius 2 is 0.881 bits per heavy atom. The van der Waals surface area contributed by atoms with Gasteiger partial charge in [0.1, 0.15) is 0 Å². The molecule has 0 aliphatic carbocycles. The fraction of sp³-hybridized carbons (Fsp3) is 0. The van der Waals surface area contributed by atoms with Crippen LogP contribution in [-0.2, 0) is 0 Å². The van der Waals surface area contributed by atoms with Crippen LogP contribution in [0.25, 0.3) is 120 Å². The zero-order chi connectivity index (χ0) is 39.0. The Labute approximate surface area is 340 Å². The van der Waals surface area contributed by atoms with Crippen LogP contribution in [0, 0.1) is 6.57 Å². The van der Waals surface area contributed by atoms with E-state index in [1.165, 1.54) is 65.3 Å². The molecule has 0 aliphatic rings. The summed E-state index contributed by atoms with van der Waals surface area (Å²) < 4.78 is 2.32. The van der Waals surface area contributed by atoms with E-state index < -0.39 is 0 Å². The molecular formula is C56H33N3. The number of hydrogen-bond donors (Lipinski definition) is 0. The first kappa shape index (κ1) is 33.1. The van der Waals surface area contributed by atoms with Crippen LogP contribution < -0.4 is 0 Å². The molecule has 0 bridgehead atoms. The molecular weight excluding hydrogens is 715 g/mol. The standard InChI is InChI=1S/C56H33N3/c1-57-37-29-31-51-49(34-37)48-33-36(28-30-50(48)59(51)38-17-3-2-4-18-38)52-39-19-5-9-23-43(39)54(44-24-10-6-20-40(44)52)55-45-25-11-7-21-41(45)53(42-22-8-12-26-46(42)55)47-27-13-15-35-16-14-32-58-56(35)47/h2-34H. The van der Waals surface area contributed by atoms with E-state index >= 15 is 0 Å². The molecule has 0 aliphatic heterocycles. The normalized spacial score (nSPS) is 11.7. The number of hydrogen-bond acceptors (Lipinski definition) is 1. The number of pyridine rings is 1. The van der Waals surface area contributed by atoms with Gasteiger partial charge >= 0.3 is 0 Å². The topological polar surface area (TPSA) is 22.2 Å². The van der Waals surface area contributed by atoms with E-state index in [1.807, 2.05) is 24.4 Å². The first-order chi connectivity index (χ1) is 29.3. The lowest BCUT2D eigenvalue weighted by molar-refractivity contribution is 1.18. The summed E-state index contributed by atoms with van der Waals surface area (Å²) in [5.74, 6) is 0. The third-order valence-corrected chi connectivity index (χ3v) is 12.2. The number of aromatic nitrogens is 2. The van der Waals surface area contributed by atoms with Crippen LogP contribution in [-0.4, -0.2) is 9.55 Å². The molecule has 12 aromatic rings. The van der Waals surface area contributed by atoms with Crippen LogP contribution in [0.2, 0.25) is 0 Å². The van der Waals surface area contributed by atoms with Crippen LogP contribution in [0.1, 0.15) is 0 Å². The smallest absolute Gasteiger partial charge is 0.188 e. The zero-order valence-corrected chi connectivity index (χ0v) is 31.9. The van der Waals surface area contributed by atoms with E-state index in [9.17, 15) is 0 Å². The molecule has 0 saturated heterocycles. The van der Waals surface area contributed by atoms with Crippen molar-refractivity contribution >= 4 is 81.5 Å². The van der Waals surface area contributed by atoms with E-state index in [2.05, 4.69) is 185 Å². The van der Waals surface area contributed by atoms with Gasteiger partial charge in [-0.3, -0.25) is 4.98 Å². The molecule has 0 saturated carbocycles. The van der Waals surface area contributed by atoms with E-state index in [0.717, 1.165) is 49.5 Å². The van der Waals surface area contributed by atoms with Gasteiger partial charge in [0.05, 0.1) is 23.1 Å². The largest absolute Gasteiger partial charge is 0.309 e. The summed E-state index contributed by atoms with van der Waals surface area (Å²) in [5.41, 5.74) is 12.1. The molecule has 0 fully saturated rings. The van der Waals surface area contributed by atoms with Crippen LogP contribution in [0.15, 0.2) is 200 Å². The van der Waals surface area contributed by atoms with E-state index in [4.69, 9.17) is 11.6 Å². The summed E-state index contributed by atoms with van der Waals surface area (Å²) in [6.45, 7) is 7.85. The maximum absolute atomic E-state index is 7.85. The highest BCUT2D eigenvalue weighted by atomic mass is 15.0. The number of fused-ring (bicyclic) bond motifs is 8. The van der Waals surface area contributed by atoms with Gasteiger partial charge in [0.15, 0.2) is 5.69 Å². The number of rotatable bonds is 4. The van der Waals surface area contributed by atoms with Crippen molar-refractivity contribution in [3.63, 3.8) is 0 Å². The Morgan fingerprint density at radius 3 is 1.46 bits per heavy atom. The third kappa shape index (κ3) is 4.91. The summed E-state index contributed by atoms with van der Waals surface area (Å²) in [6, 6.07) is 69.8. The van der Waals surface area contributed by atoms with Gasteiger partial charge in [0.25, 0.3) is 0 Å². The van der Waals surface area contributed by atoms with Crippen LogP contribution in [0.3, 0.4) is 0 Å². The second-order valence-electron chi connectivity index (χ2n) is 15.3. The summed E-state index contributed by atoms with van der Waals surface area (Å²) in [5, 5.41) is 13.0. The molecule has 0 unspecified atom stereocenters. The second-order valence-corrected chi connectivity index (χ2v) is 15.3. The lowest BCUT2D eigenvalue weighted by Gasteiger charge is -2.22. The van der Waals surface area contributed by atoms with E-state index in [0.29, 0.717) is 5.69 Å². The molecule has 59 heavy (non-hydrogen) atoms. The van der Waals surface area contributed by atoms with Crippen molar-refractivity contribution in [2.45, 2.75) is 0 Å². The molecule has 2 heterocycles. The van der Waals surface area contributed by atoms with Gasteiger partial charge in [0.2, 0.25) is 0 Å². The van der Waals surface area contributed by atoms with Gasteiger partial charge in [-0.1, -0.05) is 152 Å². The quantitative estimate of drug-likeness (QED) is 0.130. The highest BCUT2D eigenvalue weighted by molar-refractivity contribution is 6.31. The molecule has 0 amide bonds. The molecule has 0 spiro atoms. The minimum absolute atomic E-state index is 0.637. The number of benzene rings is 10. The summed E-state index contributed by atoms with van der Waals surface area (Å²) in [4.78, 5) is 8.75. The second kappa shape index (κ2) is 13.0. The fourth-order valence-corrected chi connectivity index (χ4v) is 9.79. The van der Waals surface area contributed by atoms with Crippen molar-refractivity contribution in [3.05, 3.63) is 212 Å². The van der Waals surface area contributed by atoms with Gasteiger partial charge < -0.3 is 4.57 Å². The van der Waals surface area contributed by atoms with Gasteiger partial charge in [-0.05, 0) is 119 Å². The third-order valence-electron chi connectivity index (χ3n) is 12.2. The molecule has 272 valence electrons. The molecule has 3 heteroatoms. The minimum Gasteiger partial charge on any atom is -0.309 e. The SMILES string of the molecule is [C-]#[N+]c1ccc2c(c1)c1cc(-c3c4ccccc4c(-c4c5ccccc5c(-c5cccc6cccnc56)c5ccccc45)c4ccccc34)ccc1n2-c1ccccc1. The molecule has 0 radical (unpaired) electrons. The first-order valence-electron chi connectivity index (χ1n) is 20.0. The molecule has 0 atom stereocenters. The minimum atomic E-state index is 0.637. The van der Waals surface area contributed by atoms with Gasteiger partial charge in [-0.2, -0.15) is 0 Å². The molecule has 12 rings (SSSR count). The van der Waals surface area contributed by atoms with E-state index in [-0.39, 0.29) is 0 Å². The predicted molar refractivity (Wildman–Crippen MR) is 249 cm³/mol. The first-order valence-corrected chi connectivity index (χ1v) is 20.0. The Hall–Kier alpha value is -8.06. The van der Waals surface area contributed by atoms with Crippen LogP contribution >= 0.6 is 0 Å². The van der Waals surface area contributed by atoms with Crippen LogP contribution in [0.4, 0.5) is 5.69 Å². The van der Waals surface area contributed by atoms with Gasteiger partial charge in [-0.25, -0.2) is 4.85 Å². The predicted octanol–water partition coefficient (Wildman–Crippen LogP) is 15.5. The molecule has 0 N–H and O–H groups in total. The highest BCUT2D eigenvalue weighted by Crippen LogP contribution is 2.51. The summed E-state index contributed by atoms with van der Waals surface area (Å²) >= 11 is 0. The van der Waals surface area contributed by atoms with Gasteiger partial charge in [-0.15, -0.1) is 0 Å². The highest BCUT2D eigenvalue weighted by Gasteiger charge is 2.24. The number of para-hydroxylation sites is 2. The average Bonchev–Trinajstić information content (AvgIpc) is 3.63. The maximum Gasteiger partial charge on any atom is 0.188 e. The molecule has 3 nitrogen and oxygen atoms in total. The van der Waals surface area contributed by atoms with Crippen LogP contribution in [0.5, 0.6) is 0 Å². The zero-order valence-electron chi connectivity index (χ0n) is 31.9. The Morgan fingerprint density at radius 1 is 0.390 bits per heavy atom. The van der Waals surface area contributed by atoms with Crippen molar-refractivity contribution in [1.29, 1.82) is 0 Å². The average molecular weight is 748 g/mol. The fourth-order valence-electron chi connectivity index (χ4n) is 9.79. The summed E-state index contributed by atoms with van der Waals surface area (Å²) in [7, 11) is 0. The Kier molecular flexibility index (Phi) is 7.29. The number of nitrogens with zero attached hydrogens (tertiary/aromatic N) is 3. The maximum atomic E-state index is 7.85. The van der Waals surface area contributed by atoms with Gasteiger partial charge in [0, 0.05) is 28.2 Å². The monoisotopic (exact) mass is 747 g/mol. The van der Waals surface area contributed by atoms with E-state index in [1.54, 1.807) is 0 Å². The van der Waals surface area contributed by atoms with Crippen molar-refractivity contribution < 1.29 is 0 Å². The van der Waals surface area contributed by atoms with Crippen molar-refractivity contribution in [2.75, 3.05) is 0 Å². The summed E-state index contributed by atoms with van der Waals surface area (Å²) in [6.07, 6.45) is 1.90. The van der Waals surface area contributed by atoms with Crippen molar-refractivity contribution in [2.24, 2.45) is 0 Å². The lowest BCUT2D eigenvalue weighted by atomic mass is 9.81. The van der Waals surface area contributed by atoms with Crippen molar-refractivity contribution in [1.82, 2.24) is 9.55 Å². The van der Waals surface area contributed by atoms with Crippen molar-refractivity contribution in [3.8, 4) is 39.1 Å². The Balaban J connectivity index is 1.19.